The molecular weight excluding hydrogens is 400 g/mol. The molecule has 1 aromatic heterocycles. The molecule has 0 radical (unpaired) electrons. The van der Waals surface area contributed by atoms with E-state index in [-0.39, 0.29) is 23.5 Å². The Hall–Kier alpha value is -2.87. The molecule has 1 atom stereocenters. The van der Waals surface area contributed by atoms with Gasteiger partial charge in [0.1, 0.15) is 11.9 Å². The van der Waals surface area contributed by atoms with E-state index in [0.29, 0.717) is 17.0 Å². The third-order valence-corrected chi connectivity index (χ3v) is 4.35. The molecule has 0 amide bonds. The fourth-order valence-corrected chi connectivity index (χ4v) is 2.88. The Morgan fingerprint density at radius 2 is 1.96 bits per heavy atom. The van der Waals surface area contributed by atoms with Gasteiger partial charge in [-0.25, -0.2) is 4.39 Å². The summed E-state index contributed by atoms with van der Waals surface area (Å²) in [6.07, 6.45) is -5.09. The van der Waals surface area contributed by atoms with Crippen molar-refractivity contribution >= 4 is 18.1 Å². The maximum atomic E-state index is 13.3. The third-order valence-electron chi connectivity index (χ3n) is 4.06. The Morgan fingerprint density at radius 1 is 1.18 bits per heavy atom. The van der Waals surface area contributed by atoms with Crippen molar-refractivity contribution in [2.75, 3.05) is 0 Å². The molecule has 1 heterocycles. The molecule has 9 heteroatoms. The molecule has 1 unspecified atom stereocenters. The molecule has 2 aromatic carbocycles. The summed E-state index contributed by atoms with van der Waals surface area (Å²) in [5, 5.41) is 6.62. The number of nitrogens with zero attached hydrogens (tertiary/aromatic N) is 1. The summed E-state index contributed by atoms with van der Waals surface area (Å²) in [5.41, 5.74) is 0.796. The van der Waals surface area contributed by atoms with Crippen LogP contribution in [0.3, 0.4) is 0 Å². The van der Waals surface area contributed by atoms with Gasteiger partial charge in [0.2, 0.25) is 0 Å². The van der Waals surface area contributed by atoms with Gasteiger partial charge in [-0.2, -0.15) is 18.3 Å². The van der Waals surface area contributed by atoms with Crippen molar-refractivity contribution < 1.29 is 27.1 Å². The third kappa shape index (κ3) is 4.51. The molecule has 3 aromatic rings. The maximum Gasteiger partial charge on any atom is 0.416 e. The molecule has 0 spiro atoms. The Kier molecular flexibility index (Phi) is 5.69. The lowest BCUT2D eigenvalue weighted by Crippen LogP contribution is -2.07. The van der Waals surface area contributed by atoms with E-state index < -0.39 is 23.7 Å². The minimum absolute atomic E-state index is 0.119. The molecule has 0 aliphatic heterocycles. The van der Waals surface area contributed by atoms with Gasteiger partial charge in [0.15, 0.2) is 0 Å². The number of ether oxygens (including phenoxy) is 1. The van der Waals surface area contributed by atoms with Crippen molar-refractivity contribution in [2.24, 2.45) is 0 Å². The highest BCUT2D eigenvalue weighted by Crippen LogP contribution is 2.32. The summed E-state index contributed by atoms with van der Waals surface area (Å²) in [6.45, 7) is 0.256. The molecule has 0 fully saturated rings. The summed E-state index contributed by atoms with van der Waals surface area (Å²) in [5.74, 6) is -0.608. The topological polar surface area (TPSA) is 55.0 Å². The second-order valence-corrected chi connectivity index (χ2v) is 6.36. The first-order valence-corrected chi connectivity index (χ1v) is 8.41. The largest absolute Gasteiger partial charge is 0.459 e. The Bertz CT molecular complexity index is 988. The molecular formula is C19H13ClF4N2O2. The second kappa shape index (κ2) is 8.02. The fraction of sp³-hybridized carbons (Fsp3) is 0.158. The van der Waals surface area contributed by atoms with Crippen molar-refractivity contribution in [1.82, 2.24) is 10.2 Å². The van der Waals surface area contributed by atoms with Gasteiger partial charge in [-0.15, -0.1) is 0 Å². The lowest BCUT2D eigenvalue weighted by molar-refractivity contribution is -0.137. The van der Waals surface area contributed by atoms with Crippen molar-refractivity contribution in [3.8, 4) is 11.3 Å². The first-order valence-electron chi connectivity index (χ1n) is 8.04. The molecule has 3 rings (SSSR count). The quantitative estimate of drug-likeness (QED) is 0.439. The Labute approximate surface area is 162 Å². The van der Waals surface area contributed by atoms with Crippen LogP contribution in [-0.4, -0.2) is 16.7 Å². The number of aromatic nitrogens is 2. The SMILES string of the molecule is O=COC(Cc1cc(-c2cccc(C(F)(F)F)c2)n[nH]1)c1ccc(F)c(Cl)c1. The lowest BCUT2D eigenvalue weighted by atomic mass is 10.0. The minimum Gasteiger partial charge on any atom is -0.459 e. The highest BCUT2D eigenvalue weighted by molar-refractivity contribution is 6.30. The number of H-pyrrole nitrogens is 1. The number of rotatable bonds is 6. The number of hydrogen-bond acceptors (Lipinski definition) is 3. The molecule has 0 bridgehead atoms. The van der Waals surface area contributed by atoms with E-state index in [1.807, 2.05) is 0 Å². The summed E-state index contributed by atoms with van der Waals surface area (Å²) >= 11 is 5.77. The number of carbonyl (C=O) groups is 1. The van der Waals surface area contributed by atoms with Crippen molar-refractivity contribution in [1.29, 1.82) is 0 Å². The van der Waals surface area contributed by atoms with E-state index in [0.717, 1.165) is 18.2 Å². The molecule has 4 nitrogen and oxygen atoms in total. The zero-order valence-corrected chi connectivity index (χ0v) is 14.9. The zero-order valence-electron chi connectivity index (χ0n) is 14.1. The fourth-order valence-electron chi connectivity index (χ4n) is 2.69. The predicted molar refractivity (Wildman–Crippen MR) is 94.0 cm³/mol. The number of halogens is 5. The van der Waals surface area contributed by atoms with Crippen LogP contribution >= 0.6 is 11.6 Å². The van der Waals surface area contributed by atoms with Crippen molar-refractivity contribution in [3.63, 3.8) is 0 Å². The van der Waals surface area contributed by atoms with Crippen LogP contribution in [0.1, 0.15) is 22.9 Å². The van der Waals surface area contributed by atoms with E-state index in [1.54, 1.807) is 6.07 Å². The average molecular weight is 413 g/mol. The average Bonchev–Trinajstić information content (AvgIpc) is 3.12. The molecule has 0 aliphatic carbocycles. The van der Waals surface area contributed by atoms with Gasteiger partial charge in [-0.1, -0.05) is 29.8 Å². The normalized spacial score (nSPS) is 12.6. The highest BCUT2D eigenvalue weighted by Gasteiger charge is 2.30. The van der Waals surface area contributed by atoms with Gasteiger partial charge in [0, 0.05) is 17.7 Å². The van der Waals surface area contributed by atoms with Crippen LogP contribution in [-0.2, 0) is 22.1 Å². The predicted octanol–water partition coefficient (Wildman–Crippen LogP) is 5.34. The molecule has 0 saturated carbocycles. The van der Waals surface area contributed by atoms with Crippen LogP contribution in [0.2, 0.25) is 5.02 Å². The van der Waals surface area contributed by atoms with E-state index in [9.17, 15) is 22.4 Å². The first kappa shape index (κ1) is 19.9. The van der Waals surface area contributed by atoms with E-state index in [1.165, 1.54) is 24.3 Å². The van der Waals surface area contributed by atoms with Crippen molar-refractivity contribution in [2.45, 2.75) is 18.7 Å². The van der Waals surface area contributed by atoms with Gasteiger partial charge in [0.05, 0.1) is 16.3 Å². The van der Waals surface area contributed by atoms with Crippen LogP contribution in [0.4, 0.5) is 17.6 Å². The highest BCUT2D eigenvalue weighted by atomic mass is 35.5. The van der Waals surface area contributed by atoms with Crippen molar-refractivity contribution in [3.05, 3.63) is 76.2 Å². The summed E-state index contributed by atoms with van der Waals surface area (Å²) in [6, 6.07) is 10.3. The van der Waals surface area contributed by atoms with E-state index in [2.05, 4.69) is 10.2 Å². The van der Waals surface area contributed by atoms with Gasteiger partial charge < -0.3 is 4.74 Å². The maximum absolute atomic E-state index is 13.3. The zero-order chi connectivity index (χ0) is 20.3. The van der Waals surface area contributed by atoms with Crippen LogP contribution in [0, 0.1) is 5.82 Å². The standard InChI is InChI=1S/C19H13ClF4N2O2/c20-15-7-12(4-5-16(15)21)18(28-10-27)9-14-8-17(26-25-14)11-2-1-3-13(6-11)19(22,23)24/h1-8,10,18H,9H2,(H,25,26). The van der Waals surface area contributed by atoms with Gasteiger partial charge >= 0.3 is 6.18 Å². The van der Waals surface area contributed by atoms with Gasteiger partial charge in [-0.05, 0) is 35.9 Å². The number of aromatic amines is 1. The van der Waals surface area contributed by atoms with Crippen LogP contribution < -0.4 is 0 Å². The van der Waals surface area contributed by atoms with Crippen LogP contribution in [0.25, 0.3) is 11.3 Å². The number of benzene rings is 2. The number of hydrogen-bond donors (Lipinski definition) is 1. The molecule has 1 N–H and O–H groups in total. The van der Waals surface area contributed by atoms with Gasteiger partial charge in [0.25, 0.3) is 6.47 Å². The first-order chi connectivity index (χ1) is 13.3. The van der Waals surface area contributed by atoms with E-state index >= 15 is 0 Å². The number of nitrogens with one attached hydrogen (secondary N) is 1. The summed E-state index contributed by atoms with van der Waals surface area (Å²) in [4.78, 5) is 10.8. The van der Waals surface area contributed by atoms with E-state index in [4.69, 9.17) is 16.3 Å². The molecule has 0 saturated heterocycles. The summed E-state index contributed by atoms with van der Waals surface area (Å²) < 4.78 is 57.0. The Morgan fingerprint density at radius 3 is 2.64 bits per heavy atom. The van der Waals surface area contributed by atoms with Gasteiger partial charge in [-0.3, -0.25) is 9.89 Å². The smallest absolute Gasteiger partial charge is 0.416 e. The second-order valence-electron chi connectivity index (χ2n) is 5.96. The van der Waals surface area contributed by atoms with Crippen LogP contribution in [0.5, 0.6) is 0 Å². The number of carbonyl (C=O) groups excluding carboxylic acids is 1. The lowest BCUT2D eigenvalue weighted by Gasteiger charge is -2.15. The molecule has 28 heavy (non-hydrogen) atoms. The minimum atomic E-state index is -4.46. The molecule has 0 aliphatic rings. The Balaban J connectivity index is 1.84. The monoisotopic (exact) mass is 412 g/mol. The van der Waals surface area contributed by atoms with Crippen LogP contribution in [0.15, 0.2) is 48.5 Å². The molecule has 146 valence electrons. The summed E-state index contributed by atoms with van der Waals surface area (Å²) in [7, 11) is 0. The number of alkyl halides is 3.